The van der Waals surface area contributed by atoms with Crippen molar-refractivity contribution in [1.82, 2.24) is 23.9 Å². The fraction of sp³-hybridized carbons (Fsp3) is 0.421. The first-order chi connectivity index (χ1) is 14.3. The SMILES string of the molecule is CC(C)Cn1c(N)c(C(=O)CSc2nncn2CCc2cccs2)c(=O)n(C)c1=O. The van der Waals surface area contributed by atoms with Gasteiger partial charge in [0.15, 0.2) is 10.9 Å². The van der Waals surface area contributed by atoms with E-state index in [2.05, 4.69) is 16.3 Å². The zero-order valence-electron chi connectivity index (χ0n) is 17.1. The van der Waals surface area contributed by atoms with Crippen LogP contribution in [0.4, 0.5) is 5.82 Å². The molecule has 0 spiro atoms. The molecule has 0 saturated carbocycles. The molecule has 0 aliphatic rings. The number of nitrogens with two attached hydrogens (primary N) is 1. The number of carbonyl (C=O) groups excluding carboxylic acids is 1. The molecule has 2 N–H and O–H groups in total. The van der Waals surface area contributed by atoms with E-state index in [4.69, 9.17) is 5.73 Å². The Morgan fingerprint density at radius 1 is 1.33 bits per heavy atom. The zero-order valence-corrected chi connectivity index (χ0v) is 18.7. The van der Waals surface area contributed by atoms with E-state index in [1.807, 2.05) is 29.9 Å². The van der Waals surface area contributed by atoms with E-state index < -0.39 is 17.0 Å². The van der Waals surface area contributed by atoms with E-state index >= 15 is 0 Å². The summed E-state index contributed by atoms with van der Waals surface area (Å²) in [5, 5.41) is 10.6. The minimum absolute atomic E-state index is 0.0307. The van der Waals surface area contributed by atoms with Gasteiger partial charge in [-0.15, -0.1) is 21.5 Å². The van der Waals surface area contributed by atoms with Gasteiger partial charge in [-0.3, -0.25) is 18.7 Å². The van der Waals surface area contributed by atoms with Crippen LogP contribution in [0.3, 0.4) is 0 Å². The lowest BCUT2D eigenvalue weighted by atomic mass is 10.2. The maximum Gasteiger partial charge on any atom is 0.332 e. The van der Waals surface area contributed by atoms with Crippen LogP contribution in [-0.2, 0) is 26.6 Å². The number of thiophene rings is 1. The van der Waals surface area contributed by atoms with Crippen molar-refractivity contribution in [3.63, 3.8) is 0 Å². The number of hydrogen-bond acceptors (Lipinski definition) is 8. The molecule has 3 aromatic rings. The van der Waals surface area contributed by atoms with Crippen LogP contribution >= 0.6 is 23.1 Å². The molecule has 0 fully saturated rings. The Labute approximate surface area is 181 Å². The minimum atomic E-state index is -0.678. The number of rotatable bonds is 9. The largest absolute Gasteiger partial charge is 0.384 e. The minimum Gasteiger partial charge on any atom is -0.384 e. The second-order valence-corrected chi connectivity index (χ2v) is 9.23. The second kappa shape index (κ2) is 9.43. The number of anilines is 1. The van der Waals surface area contributed by atoms with E-state index in [0.29, 0.717) is 18.2 Å². The normalized spacial score (nSPS) is 11.3. The number of nitrogen functional groups attached to an aromatic ring is 1. The van der Waals surface area contributed by atoms with Crippen molar-refractivity contribution in [2.75, 3.05) is 11.5 Å². The van der Waals surface area contributed by atoms with E-state index in [-0.39, 0.29) is 23.1 Å². The molecule has 0 bridgehead atoms. The van der Waals surface area contributed by atoms with Crippen molar-refractivity contribution in [3.8, 4) is 0 Å². The number of ketones is 1. The summed E-state index contributed by atoms with van der Waals surface area (Å²) in [6.07, 6.45) is 2.46. The van der Waals surface area contributed by atoms with E-state index in [9.17, 15) is 14.4 Å². The fourth-order valence-corrected chi connectivity index (χ4v) is 4.50. The number of aryl methyl sites for hydroxylation is 2. The summed E-state index contributed by atoms with van der Waals surface area (Å²) in [5.74, 6) is -0.427. The maximum absolute atomic E-state index is 12.9. The smallest absolute Gasteiger partial charge is 0.332 e. The van der Waals surface area contributed by atoms with Crippen LogP contribution in [0, 0.1) is 5.92 Å². The summed E-state index contributed by atoms with van der Waals surface area (Å²) < 4.78 is 4.09. The van der Waals surface area contributed by atoms with Gasteiger partial charge in [-0.2, -0.15) is 0 Å². The predicted molar refractivity (Wildman–Crippen MR) is 118 cm³/mol. The molecule has 30 heavy (non-hydrogen) atoms. The molecule has 0 unspecified atom stereocenters. The number of carbonyl (C=O) groups is 1. The van der Waals surface area contributed by atoms with Gasteiger partial charge < -0.3 is 10.3 Å². The van der Waals surface area contributed by atoms with Crippen LogP contribution in [0.15, 0.2) is 38.6 Å². The third-order valence-corrected chi connectivity index (χ3v) is 6.42. The van der Waals surface area contributed by atoms with E-state index in [1.54, 1.807) is 17.7 Å². The molecular weight excluding hydrogens is 424 g/mol. The van der Waals surface area contributed by atoms with Gasteiger partial charge in [-0.05, 0) is 23.8 Å². The lowest BCUT2D eigenvalue weighted by molar-refractivity contribution is 0.102. The number of hydrogen-bond donors (Lipinski definition) is 1. The summed E-state index contributed by atoms with van der Waals surface area (Å²) >= 11 is 2.88. The molecule has 11 heteroatoms. The summed E-state index contributed by atoms with van der Waals surface area (Å²) in [7, 11) is 1.35. The standard InChI is InChI=1S/C19H24N6O3S2/c1-12(2)9-25-16(20)15(17(27)23(3)19(25)28)14(26)10-30-18-22-21-11-24(18)7-6-13-5-4-8-29-13/h4-5,8,11-12H,6-7,9-10,20H2,1-3H3. The van der Waals surface area contributed by atoms with E-state index in [0.717, 1.165) is 11.0 Å². The number of nitrogens with zero attached hydrogens (tertiary/aromatic N) is 5. The van der Waals surface area contributed by atoms with Crippen LogP contribution < -0.4 is 17.0 Å². The monoisotopic (exact) mass is 448 g/mol. The molecule has 0 saturated heterocycles. The second-order valence-electron chi connectivity index (χ2n) is 7.26. The van der Waals surface area contributed by atoms with Crippen LogP contribution in [0.5, 0.6) is 0 Å². The Morgan fingerprint density at radius 2 is 2.10 bits per heavy atom. The third kappa shape index (κ3) is 4.73. The highest BCUT2D eigenvalue weighted by atomic mass is 32.2. The quantitative estimate of drug-likeness (QED) is 0.391. The first-order valence-corrected chi connectivity index (χ1v) is 11.3. The number of thioether (sulfide) groups is 1. The van der Waals surface area contributed by atoms with Gasteiger partial charge in [0, 0.05) is 25.0 Å². The third-order valence-electron chi connectivity index (χ3n) is 4.50. The van der Waals surface area contributed by atoms with Gasteiger partial charge in [-0.1, -0.05) is 31.7 Å². The van der Waals surface area contributed by atoms with Crippen molar-refractivity contribution >= 4 is 34.7 Å². The van der Waals surface area contributed by atoms with Crippen molar-refractivity contribution in [2.45, 2.75) is 38.5 Å². The maximum atomic E-state index is 12.9. The average molecular weight is 449 g/mol. The Morgan fingerprint density at radius 3 is 2.77 bits per heavy atom. The zero-order chi connectivity index (χ0) is 21.8. The number of aromatic nitrogens is 5. The fourth-order valence-electron chi connectivity index (χ4n) is 2.98. The molecule has 160 valence electrons. The van der Waals surface area contributed by atoms with Crippen LogP contribution in [0.1, 0.15) is 29.1 Å². The van der Waals surface area contributed by atoms with Gasteiger partial charge in [-0.25, -0.2) is 4.79 Å². The highest BCUT2D eigenvalue weighted by Crippen LogP contribution is 2.19. The predicted octanol–water partition coefficient (Wildman–Crippen LogP) is 1.66. The van der Waals surface area contributed by atoms with Gasteiger partial charge in [0.2, 0.25) is 0 Å². The first kappa shape index (κ1) is 22.0. The first-order valence-electron chi connectivity index (χ1n) is 9.45. The molecule has 0 radical (unpaired) electrons. The summed E-state index contributed by atoms with van der Waals surface area (Å²) in [6, 6.07) is 4.07. The summed E-state index contributed by atoms with van der Waals surface area (Å²) in [5.41, 5.74) is 4.71. The molecule has 3 aromatic heterocycles. The topological polar surface area (TPSA) is 118 Å². The van der Waals surface area contributed by atoms with Crippen LogP contribution in [0.2, 0.25) is 0 Å². The highest BCUT2D eigenvalue weighted by Gasteiger charge is 2.22. The number of Topliss-reactive ketones (excluding diaryl/α,β-unsaturated/α-hetero) is 1. The van der Waals surface area contributed by atoms with Gasteiger partial charge in [0.1, 0.15) is 17.7 Å². The van der Waals surface area contributed by atoms with Gasteiger partial charge in [0.05, 0.1) is 5.75 Å². The van der Waals surface area contributed by atoms with Crippen molar-refractivity contribution in [2.24, 2.45) is 13.0 Å². The Bertz CT molecular complexity index is 1140. The van der Waals surface area contributed by atoms with Crippen LogP contribution in [0.25, 0.3) is 0 Å². The Hall–Kier alpha value is -2.66. The molecule has 0 atom stereocenters. The highest BCUT2D eigenvalue weighted by molar-refractivity contribution is 7.99. The van der Waals surface area contributed by atoms with Crippen molar-refractivity contribution < 1.29 is 4.79 Å². The van der Waals surface area contributed by atoms with Gasteiger partial charge >= 0.3 is 5.69 Å². The molecule has 3 rings (SSSR count). The molecule has 3 heterocycles. The van der Waals surface area contributed by atoms with E-state index in [1.165, 1.54) is 28.3 Å². The summed E-state index contributed by atoms with van der Waals surface area (Å²) in [4.78, 5) is 39.1. The molecule has 0 aromatic carbocycles. The van der Waals surface area contributed by atoms with Crippen LogP contribution in [-0.4, -0.2) is 35.4 Å². The lowest BCUT2D eigenvalue weighted by Crippen LogP contribution is -2.43. The molecular formula is C19H24N6O3S2. The van der Waals surface area contributed by atoms with Crippen molar-refractivity contribution in [1.29, 1.82) is 0 Å². The molecule has 0 aliphatic carbocycles. The Kier molecular flexibility index (Phi) is 6.93. The average Bonchev–Trinajstić information content (AvgIpc) is 3.38. The molecule has 9 nitrogen and oxygen atoms in total. The summed E-state index contributed by atoms with van der Waals surface area (Å²) in [6.45, 7) is 4.87. The lowest BCUT2D eigenvalue weighted by Gasteiger charge is -2.16. The molecule has 0 amide bonds. The Balaban J connectivity index is 1.77. The molecule has 0 aliphatic heterocycles. The van der Waals surface area contributed by atoms with Gasteiger partial charge in [0.25, 0.3) is 5.56 Å². The van der Waals surface area contributed by atoms with Crippen molar-refractivity contribution in [3.05, 3.63) is 55.1 Å².